The maximum atomic E-state index is 6.76. The molecule has 0 aromatic rings. The molecule has 0 saturated carbocycles. The molecule has 0 aliphatic carbocycles. The Kier molecular flexibility index (Phi) is 17.7. The molecule has 1 aliphatic rings. The van der Waals surface area contributed by atoms with E-state index < -0.39 is 16.6 Å². The van der Waals surface area contributed by atoms with E-state index in [-0.39, 0.29) is 28.6 Å². The molecule has 4 nitrogen and oxygen atoms in total. The zero-order valence-electron chi connectivity index (χ0n) is 29.0. The van der Waals surface area contributed by atoms with Crippen LogP contribution in [0.15, 0.2) is 72.9 Å². The molecule has 240 valence electrons. The summed E-state index contributed by atoms with van der Waals surface area (Å²) in [6, 6.07) is 0. The fraction of sp³-hybridized carbons (Fsp3) is 0.667. The number of hydrogen-bond donors (Lipinski definition) is 0. The van der Waals surface area contributed by atoms with E-state index in [2.05, 4.69) is 148 Å². The summed E-state index contributed by atoms with van der Waals surface area (Å²) in [6.07, 6.45) is 32.0. The topological polar surface area (TPSA) is 36.9 Å². The number of hydrogen-bond acceptors (Lipinski definition) is 4. The fourth-order valence-corrected chi connectivity index (χ4v) is 6.34. The van der Waals surface area contributed by atoms with Gasteiger partial charge in [-0.3, -0.25) is 0 Å². The lowest BCUT2D eigenvalue weighted by Gasteiger charge is -2.38. The summed E-state index contributed by atoms with van der Waals surface area (Å²) in [5.74, 6) is 0. The van der Waals surface area contributed by atoms with E-state index in [1.807, 2.05) is 0 Å². The summed E-state index contributed by atoms with van der Waals surface area (Å²) in [5.41, 5.74) is 0. The lowest BCUT2D eigenvalue weighted by atomic mass is 10.2. The van der Waals surface area contributed by atoms with Crippen molar-refractivity contribution < 1.29 is 18.3 Å². The lowest BCUT2D eigenvalue weighted by Crippen LogP contribution is -2.43. The molecule has 0 radical (unpaired) electrons. The third-order valence-corrected chi connectivity index (χ3v) is 17.5. The number of rotatable bonds is 18. The normalized spacial score (nSPS) is 18.4. The van der Waals surface area contributed by atoms with Crippen LogP contribution in [0.4, 0.5) is 0 Å². The summed E-state index contributed by atoms with van der Waals surface area (Å²) in [7, 11) is -3.77. The van der Waals surface area contributed by atoms with Gasteiger partial charge >= 0.3 is 0 Å². The van der Waals surface area contributed by atoms with Crippen LogP contribution < -0.4 is 0 Å². The predicted molar refractivity (Wildman–Crippen MR) is 188 cm³/mol. The molecule has 2 atom stereocenters. The Bertz CT molecular complexity index is 908. The lowest BCUT2D eigenvalue weighted by molar-refractivity contribution is -0.0457. The zero-order chi connectivity index (χ0) is 31.7. The van der Waals surface area contributed by atoms with Gasteiger partial charge in [0.1, 0.15) is 0 Å². The smallest absolute Gasteiger partial charge is 0.192 e. The SMILES string of the molecule is CC/C=C\C/C=C\C[C@@H](\C=C/C=C/C=C\[C@H](C/C=C\CCC1OCCO1)O[Si](C)(C)C(C)(C)C)O[Si](C)(C)C(C)(C)C. The Morgan fingerprint density at radius 2 is 1.12 bits per heavy atom. The molecular weight excluding hydrogens is 553 g/mol. The molecule has 0 unspecified atom stereocenters. The maximum Gasteiger partial charge on any atom is 0.192 e. The van der Waals surface area contributed by atoms with E-state index in [1.165, 1.54) is 0 Å². The first-order valence-electron chi connectivity index (χ1n) is 16.1. The van der Waals surface area contributed by atoms with E-state index in [9.17, 15) is 0 Å². The minimum atomic E-state index is -1.90. The van der Waals surface area contributed by atoms with Gasteiger partial charge in [0.25, 0.3) is 0 Å². The molecule has 1 heterocycles. The standard InChI is InChI=1S/C36H64O4Si2/c1-12-13-14-15-16-20-25-32(39-41(8,9)35(2,3)4)26-21-17-18-22-27-33(40-42(10,11)36(5,6)7)28-23-19-24-29-34-37-30-31-38-34/h13-14,16-23,26-27,32-34H,12,15,24-25,28-31H2,1-11H3/b14-13-,18-17+,20-16-,23-19-,26-21-,27-22-/t32-,33+/m0/s1. The van der Waals surface area contributed by atoms with E-state index in [4.69, 9.17) is 18.3 Å². The minimum Gasteiger partial charge on any atom is -0.410 e. The van der Waals surface area contributed by atoms with Crippen LogP contribution >= 0.6 is 0 Å². The van der Waals surface area contributed by atoms with Crippen LogP contribution in [0.1, 0.15) is 87.0 Å². The second-order valence-electron chi connectivity index (χ2n) is 14.3. The Morgan fingerprint density at radius 1 is 0.667 bits per heavy atom. The molecule has 6 heteroatoms. The van der Waals surface area contributed by atoms with E-state index in [0.29, 0.717) is 13.2 Å². The largest absolute Gasteiger partial charge is 0.410 e. The number of allylic oxidation sites excluding steroid dienone is 8. The second kappa shape index (κ2) is 19.2. The second-order valence-corrected chi connectivity index (χ2v) is 23.8. The third-order valence-electron chi connectivity index (χ3n) is 8.49. The summed E-state index contributed by atoms with van der Waals surface area (Å²) in [6.45, 7) is 26.7. The van der Waals surface area contributed by atoms with Crippen molar-refractivity contribution in [2.45, 2.75) is 142 Å². The van der Waals surface area contributed by atoms with E-state index in [1.54, 1.807) is 0 Å². The molecule has 1 saturated heterocycles. The van der Waals surface area contributed by atoms with Crippen molar-refractivity contribution >= 4 is 16.6 Å². The highest BCUT2D eigenvalue weighted by Gasteiger charge is 2.39. The van der Waals surface area contributed by atoms with Gasteiger partial charge in [0.15, 0.2) is 22.9 Å². The highest BCUT2D eigenvalue weighted by Crippen LogP contribution is 2.38. The van der Waals surface area contributed by atoms with Crippen molar-refractivity contribution in [1.29, 1.82) is 0 Å². The Hall–Kier alpha value is -1.29. The van der Waals surface area contributed by atoms with Gasteiger partial charge < -0.3 is 18.3 Å². The molecule has 0 aromatic carbocycles. The van der Waals surface area contributed by atoms with Crippen LogP contribution in [0.5, 0.6) is 0 Å². The average molecular weight is 617 g/mol. The molecule has 0 spiro atoms. The van der Waals surface area contributed by atoms with Gasteiger partial charge in [-0.15, -0.1) is 0 Å². The van der Waals surface area contributed by atoms with Gasteiger partial charge in [0.05, 0.1) is 25.4 Å². The van der Waals surface area contributed by atoms with Crippen molar-refractivity contribution in [2.24, 2.45) is 0 Å². The molecule has 0 N–H and O–H groups in total. The quantitative estimate of drug-likeness (QED) is 0.0872. The summed E-state index contributed by atoms with van der Waals surface area (Å²) < 4.78 is 24.6. The highest BCUT2D eigenvalue weighted by molar-refractivity contribution is 6.74. The molecule has 42 heavy (non-hydrogen) atoms. The fourth-order valence-electron chi connectivity index (χ4n) is 3.77. The number of ether oxygens (including phenoxy) is 2. The molecule has 1 aliphatic heterocycles. The Balaban J connectivity index is 2.86. The van der Waals surface area contributed by atoms with Gasteiger partial charge in [-0.05, 0) is 68.4 Å². The van der Waals surface area contributed by atoms with Crippen LogP contribution in [0.3, 0.4) is 0 Å². The van der Waals surface area contributed by atoms with Gasteiger partial charge in [0, 0.05) is 6.42 Å². The molecule has 0 bridgehead atoms. The predicted octanol–water partition coefficient (Wildman–Crippen LogP) is 10.8. The van der Waals surface area contributed by atoms with Gasteiger partial charge in [-0.2, -0.15) is 0 Å². The van der Waals surface area contributed by atoms with Gasteiger partial charge in [-0.25, -0.2) is 0 Å². The summed E-state index contributed by atoms with van der Waals surface area (Å²) in [4.78, 5) is 0. The monoisotopic (exact) mass is 616 g/mol. The Labute approximate surface area is 262 Å². The summed E-state index contributed by atoms with van der Waals surface area (Å²) in [5, 5.41) is 0.343. The van der Waals surface area contributed by atoms with Crippen molar-refractivity contribution in [3.63, 3.8) is 0 Å². The Morgan fingerprint density at radius 3 is 1.57 bits per heavy atom. The first-order valence-corrected chi connectivity index (χ1v) is 22.0. The maximum absolute atomic E-state index is 6.76. The average Bonchev–Trinajstić information content (AvgIpc) is 3.39. The first kappa shape index (κ1) is 38.7. The third kappa shape index (κ3) is 16.0. The van der Waals surface area contributed by atoms with E-state index >= 15 is 0 Å². The molecule has 1 fully saturated rings. The van der Waals surface area contributed by atoms with Crippen LogP contribution in [0, 0.1) is 0 Å². The van der Waals surface area contributed by atoms with Crippen molar-refractivity contribution in [3.05, 3.63) is 72.9 Å². The van der Waals surface area contributed by atoms with Crippen molar-refractivity contribution in [1.82, 2.24) is 0 Å². The van der Waals surface area contributed by atoms with E-state index in [0.717, 1.165) is 38.5 Å². The van der Waals surface area contributed by atoms with Gasteiger partial charge in [0.2, 0.25) is 0 Å². The van der Waals surface area contributed by atoms with Crippen LogP contribution in [0.2, 0.25) is 36.3 Å². The van der Waals surface area contributed by atoms with Gasteiger partial charge in [-0.1, -0.05) is 121 Å². The highest BCUT2D eigenvalue weighted by atomic mass is 28.4. The molecule has 0 amide bonds. The summed E-state index contributed by atoms with van der Waals surface area (Å²) >= 11 is 0. The van der Waals surface area contributed by atoms with Crippen LogP contribution in [-0.4, -0.2) is 48.3 Å². The van der Waals surface area contributed by atoms with Crippen molar-refractivity contribution in [2.75, 3.05) is 13.2 Å². The molecule has 1 rings (SSSR count). The van der Waals surface area contributed by atoms with Crippen LogP contribution in [-0.2, 0) is 18.3 Å². The zero-order valence-corrected chi connectivity index (χ0v) is 31.0. The first-order chi connectivity index (χ1) is 19.6. The minimum absolute atomic E-state index is 0.0436. The van der Waals surface area contributed by atoms with Crippen LogP contribution in [0.25, 0.3) is 0 Å². The van der Waals surface area contributed by atoms with Crippen molar-refractivity contribution in [3.8, 4) is 0 Å². The molecular formula is C36H64O4Si2. The molecule has 0 aromatic heterocycles.